The molecule has 0 fully saturated rings. The monoisotopic (exact) mass is 222 g/mol. The van der Waals surface area contributed by atoms with Crippen LogP contribution in [-0.2, 0) is 11.3 Å². The number of carboxylic acid groups (broad SMARTS) is 1. The van der Waals surface area contributed by atoms with Crippen LogP contribution in [0.1, 0.15) is 26.0 Å². The molecule has 1 atom stereocenters. The quantitative estimate of drug-likeness (QED) is 0.768. The molecule has 16 heavy (non-hydrogen) atoms. The molecule has 0 aromatic carbocycles. The van der Waals surface area contributed by atoms with E-state index in [1.165, 1.54) is 0 Å². The molecule has 0 saturated carbocycles. The molecule has 1 unspecified atom stereocenters. The molecular formula is C12H18N2O2. The zero-order valence-corrected chi connectivity index (χ0v) is 9.68. The maximum atomic E-state index is 11.0. The predicted octanol–water partition coefficient (Wildman–Crippen LogP) is 1.67. The second-order valence-electron chi connectivity index (χ2n) is 4.22. The van der Waals surface area contributed by atoms with Crippen molar-refractivity contribution in [2.45, 2.75) is 32.9 Å². The molecule has 1 heterocycles. The van der Waals surface area contributed by atoms with E-state index in [0.29, 0.717) is 18.9 Å². The zero-order valence-electron chi connectivity index (χ0n) is 9.68. The summed E-state index contributed by atoms with van der Waals surface area (Å²) >= 11 is 0. The Morgan fingerprint density at radius 1 is 1.50 bits per heavy atom. The SMILES string of the molecule is CC(C)CC(NCc1ccccn1)C(=O)O. The Labute approximate surface area is 95.7 Å². The Bertz CT molecular complexity index is 325. The van der Waals surface area contributed by atoms with Gasteiger partial charge in [0.2, 0.25) is 0 Å². The van der Waals surface area contributed by atoms with E-state index in [9.17, 15) is 4.79 Å². The summed E-state index contributed by atoms with van der Waals surface area (Å²) in [5.74, 6) is -0.443. The highest BCUT2D eigenvalue weighted by Gasteiger charge is 2.17. The van der Waals surface area contributed by atoms with E-state index in [0.717, 1.165) is 5.69 Å². The third-order valence-corrected chi connectivity index (χ3v) is 2.26. The zero-order chi connectivity index (χ0) is 12.0. The maximum Gasteiger partial charge on any atom is 0.320 e. The Hall–Kier alpha value is -1.42. The summed E-state index contributed by atoms with van der Waals surface area (Å²) in [6.07, 6.45) is 2.33. The fraction of sp³-hybridized carbons (Fsp3) is 0.500. The van der Waals surface area contributed by atoms with Gasteiger partial charge < -0.3 is 5.11 Å². The minimum Gasteiger partial charge on any atom is -0.480 e. The van der Waals surface area contributed by atoms with Gasteiger partial charge in [-0.1, -0.05) is 19.9 Å². The molecule has 0 aliphatic carbocycles. The Morgan fingerprint density at radius 2 is 2.25 bits per heavy atom. The van der Waals surface area contributed by atoms with Gasteiger partial charge in [0, 0.05) is 12.7 Å². The molecule has 0 radical (unpaired) electrons. The molecule has 88 valence electrons. The number of hydrogen-bond donors (Lipinski definition) is 2. The van der Waals surface area contributed by atoms with E-state index >= 15 is 0 Å². The molecule has 0 aliphatic rings. The molecule has 0 bridgehead atoms. The average Bonchev–Trinajstić information content (AvgIpc) is 2.25. The molecule has 1 aromatic rings. The van der Waals surface area contributed by atoms with E-state index in [2.05, 4.69) is 10.3 Å². The van der Waals surface area contributed by atoms with E-state index in [1.807, 2.05) is 32.0 Å². The summed E-state index contributed by atoms with van der Waals surface area (Å²) in [4.78, 5) is 15.1. The van der Waals surface area contributed by atoms with Crippen LogP contribution < -0.4 is 5.32 Å². The lowest BCUT2D eigenvalue weighted by atomic mass is 10.0. The van der Waals surface area contributed by atoms with E-state index in [4.69, 9.17) is 5.11 Å². The van der Waals surface area contributed by atoms with Crippen LogP contribution in [0.3, 0.4) is 0 Å². The van der Waals surface area contributed by atoms with Crippen LogP contribution in [0.5, 0.6) is 0 Å². The minimum absolute atomic E-state index is 0.359. The number of nitrogens with one attached hydrogen (secondary N) is 1. The van der Waals surface area contributed by atoms with Gasteiger partial charge in [0.15, 0.2) is 0 Å². The van der Waals surface area contributed by atoms with Gasteiger partial charge in [0.05, 0.1) is 5.69 Å². The topological polar surface area (TPSA) is 62.2 Å². The third-order valence-electron chi connectivity index (χ3n) is 2.26. The number of carboxylic acids is 1. The van der Waals surface area contributed by atoms with E-state index < -0.39 is 12.0 Å². The summed E-state index contributed by atoms with van der Waals surface area (Å²) in [6.45, 7) is 4.52. The second kappa shape index (κ2) is 6.23. The van der Waals surface area contributed by atoms with Crippen LogP contribution in [0, 0.1) is 5.92 Å². The van der Waals surface area contributed by atoms with Crippen LogP contribution in [0.4, 0.5) is 0 Å². The maximum absolute atomic E-state index is 11.0. The molecular weight excluding hydrogens is 204 g/mol. The molecule has 0 spiro atoms. The second-order valence-corrected chi connectivity index (χ2v) is 4.22. The van der Waals surface area contributed by atoms with Crippen LogP contribution in [-0.4, -0.2) is 22.1 Å². The summed E-state index contributed by atoms with van der Waals surface area (Å²) in [5.41, 5.74) is 0.859. The smallest absolute Gasteiger partial charge is 0.320 e. The van der Waals surface area contributed by atoms with Crippen molar-refractivity contribution in [3.05, 3.63) is 30.1 Å². The number of rotatable bonds is 6. The number of aromatic nitrogens is 1. The molecule has 4 heteroatoms. The first-order chi connectivity index (χ1) is 7.59. The summed E-state index contributed by atoms with van der Waals surface area (Å²) < 4.78 is 0. The predicted molar refractivity (Wildman–Crippen MR) is 62.0 cm³/mol. The van der Waals surface area contributed by atoms with Crippen LogP contribution in [0.2, 0.25) is 0 Å². The van der Waals surface area contributed by atoms with Gasteiger partial charge in [-0.05, 0) is 24.5 Å². The summed E-state index contributed by atoms with van der Waals surface area (Å²) in [5, 5.41) is 12.0. The van der Waals surface area contributed by atoms with Crippen molar-refractivity contribution < 1.29 is 9.90 Å². The van der Waals surface area contributed by atoms with Gasteiger partial charge in [0.25, 0.3) is 0 Å². The van der Waals surface area contributed by atoms with Gasteiger partial charge in [-0.2, -0.15) is 0 Å². The lowest BCUT2D eigenvalue weighted by Crippen LogP contribution is -2.37. The Kier molecular flexibility index (Phi) is 4.92. The van der Waals surface area contributed by atoms with E-state index in [-0.39, 0.29) is 0 Å². The first kappa shape index (κ1) is 12.6. The standard InChI is InChI=1S/C12H18N2O2/c1-9(2)7-11(12(15)16)14-8-10-5-3-4-6-13-10/h3-6,9,11,14H,7-8H2,1-2H3,(H,15,16). The highest BCUT2D eigenvalue weighted by molar-refractivity contribution is 5.73. The molecule has 0 amide bonds. The van der Waals surface area contributed by atoms with Crippen LogP contribution >= 0.6 is 0 Å². The van der Waals surface area contributed by atoms with Gasteiger partial charge in [-0.15, -0.1) is 0 Å². The molecule has 2 N–H and O–H groups in total. The van der Waals surface area contributed by atoms with Gasteiger partial charge in [-0.25, -0.2) is 0 Å². The lowest BCUT2D eigenvalue weighted by Gasteiger charge is -2.15. The Balaban J connectivity index is 2.47. The average molecular weight is 222 g/mol. The molecule has 1 rings (SSSR count). The molecule has 4 nitrogen and oxygen atoms in total. The van der Waals surface area contributed by atoms with Crippen molar-refractivity contribution in [2.75, 3.05) is 0 Å². The fourth-order valence-corrected chi connectivity index (χ4v) is 1.47. The number of pyridine rings is 1. The number of hydrogen-bond acceptors (Lipinski definition) is 3. The molecule has 0 aliphatic heterocycles. The van der Waals surface area contributed by atoms with Gasteiger partial charge in [-0.3, -0.25) is 15.1 Å². The van der Waals surface area contributed by atoms with Crippen molar-refractivity contribution in [3.63, 3.8) is 0 Å². The largest absolute Gasteiger partial charge is 0.480 e. The first-order valence-corrected chi connectivity index (χ1v) is 5.45. The normalized spacial score (nSPS) is 12.7. The third kappa shape index (κ3) is 4.40. The van der Waals surface area contributed by atoms with Gasteiger partial charge in [0.1, 0.15) is 6.04 Å². The molecule has 0 saturated heterocycles. The Morgan fingerprint density at radius 3 is 2.75 bits per heavy atom. The fourth-order valence-electron chi connectivity index (χ4n) is 1.47. The summed E-state index contributed by atoms with van der Waals surface area (Å²) in [6, 6.07) is 5.11. The number of carbonyl (C=O) groups is 1. The number of nitrogens with zero attached hydrogens (tertiary/aromatic N) is 1. The van der Waals surface area contributed by atoms with Gasteiger partial charge >= 0.3 is 5.97 Å². The van der Waals surface area contributed by atoms with Crippen molar-refractivity contribution in [1.29, 1.82) is 0 Å². The van der Waals surface area contributed by atoms with E-state index in [1.54, 1.807) is 6.20 Å². The van der Waals surface area contributed by atoms with Crippen molar-refractivity contribution >= 4 is 5.97 Å². The van der Waals surface area contributed by atoms with Crippen molar-refractivity contribution in [1.82, 2.24) is 10.3 Å². The highest BCUT2D eigenvalue weighted by atomic mass is 16.4. The van der Waals surface area contributed by atoms with Crippen LogP contribution in [0.25, 0.3) is 0 Å². The molecule has 1 aromatic heterocycles. The number of aliphatic carboxylic acids is 1. The van der Waals surface area contributed by atoms with Crippen LogP contribution in [0.15, 0.2) is 24.4 Å². The summed E-state index contributed by atoms with van der Waals surface area (Å²) in [7, 11) is 0. The van der Waals surface area contributed by atoms with Crippen molar-refractivity contribution in [3.8, 4) is 0 Å². The minimum atomic E-state index is -0.801. The lowest BCUT2D eigenvalue weighted by molar-refractivity contribution is -0.140. The first-order valence-electron chi connectivity index (χ1n) is 5.45. The van der Waals surface area contributed by atoms with Crippen molar-refractivity contribution in [2.24, 2.45) is 5.92 Å². The highest BCUT2D eigenvalue weighted by Crippen LogP contribution is 2.05.